The topological polar surface area (TPSA) is 29.5 Å². The van der Waals surface area contributed by atoms with Gasteiger partial charge in [0.25, 0.3) is 5.91 Å². The molecule has 0 spiro atoms. The van der Waals surface area contributed by atoms with Crippen LogP contribution in [-0.4, -0.2) is 18.7 Å². The molecule has 1 fully saturated rings. The number of rotatable bonds is 1. The van der Waals surface area contributed by atoms with Crippen molar-refractivity contribution in [3.8, 4) is 0 Å². The van der Waals surface area contributed by atoms with E-state index in [0.29, 0.717) is 0 Å². The van der Waals surface area contributed by atoms with Crippen LogP contribution in [0.1, 0.15) is 12.8 Å². The molecule has 1 amide bonds. The van der Waals surface area contributed by atoms with Crippen LogP contribution in [0.4, 0.5) is 5.69 Å². The Labute approximate surface area is 94.3 Å². The van der Waals surface area contributed by atoms with Gasteiger partial charge in [-0.2, -0.15) is 0 Å². The van der Waals surface area contributed by atoms with Gasteiger partial charge in [0, 0.05) is 18.4 Å². The van der Waals surface area contributed by atoms with Crippen molar-refractivity contribution in [1.29, 1.82) is 0 Å². The number of benzene rings is 1. The van der Waals surface area contributed by atoms with E-state index < -0.39 is 0 Å². The highest BCUT2D eigenvalue weighted by molar-refractivity contribution is 6.05. The van der Waals surface area contributed by atoms with Gasteiger partial charge in [-0.25, -0.2) is 0 Å². The number of amides is 1. The number of carbonyl (C=O) groups is 1. The van der Waals surface area contributed by atoms with Crippen molar-refractivity contribution in [3.05, 3.63) is 42.0 Å². The van der Waals surface area contributed by atoms with E-state index in [0.717, 1.165) is 30.7 Å². The predicted octanol–water partition coefficient (Wildman–Crippen LogP) is 2.10. The first-order chi connectivity index (χ1) is 7.86. The maximum atomic E-state index is 11.9. The molecule has 0 aliphatic carbocycles. The Morgan fingerprint density at radius 3 is 2.88 bits per heavy atom. The Bertz CT molecular complexity index is 439. The fraction of sp³-hybridized carbons (Fsp3) is 0.308. The Morgan fingerprint density at radius 2 is 2.06 bits per heavy atom. The van der Waals surface area contributed by atoms with E-state index in [1.807, 2.05) is 30.3 Å². The van der Waals surface area contributed by atoms with Crippen molar-refractivity contribution < 1.29 is 9.53 Å². The average molecular weight is 215 g/mol. The quantitative estimate of drug-likeness (QED) is 0.718. The molecular weight excluding hydrogens is 202 g/mol. The summed E-state index contributed by atoms with van der Waals surface area (Å²) in [6.07, 6.45) is 3.54. The molecular formula is C13H13NO2. The van der Waals surface area contributed by atoms with Crippen LogP contribution in [0, 0.1) is 0 Å². The van der Waals surface area contributed by atoms with Gasteiger partial charge in [0.1, 0.15) is 0 Å². The highest BCUT2D eigenvalue weighted by Gasteiger charge is 2.35. The number of hydrogen-bond donors (Lipinski definition) is 0. The first-order valence-corrected chi connectivity index (χ1v) is 5.56. The number of fused-ring (bicyclic) bond motifs is 1. The zero-order valence-electron chi connectivity index (χ0n) is 8.93. The number of nitrogens with zero attached hydrogens (tertiary/aromatic N) is 1. The third-order valence-corrected chi connectivity index (χ3v) is 3.02. The van der Waals surface area contributed by atoms with Gasteiger partial charge in [-0.1, -0.05) is 18.2 Å². The Morgan fingerprint density at radius 1 is 1.25 bits per heavy atom. The van der Waals surface area contributed by atoms with Gasteiger partial charge in [-0.3, -0.25) is 9.69 Å². The number of carbonyl (C=O) groups excluding carboxylic acids is 1. The van der Waals surface area contributed by atoms with Crippen LogP contribution >= 0.6 is 0 Å². The molecule has 1 atom stereocenters. The maximum absolute atomic E-state index is 11.9. The smallest absolute Gasteiger partial charge is 0.253 e. The monoisotopic (exact) mass is 215 g/mol. The predicted molar refractivity (Wildman–Crippen MR) is 61.0 cm³/mol. The number of ether oxygens (including phenoxy) is 1. The summed E-state index contributed by atoms with van der Waals surface area (Å²) in [6.45, 7) is 0.735. The third kappa shape index (κ3) is 1.44. The van der Waals surface area contributed by atoms with Crippen molar-refractivity contribution >= 4 is 11.6 Å². The normalized spacial score (nSPS) is 24.2. The van der Waals surface area contributed by atoms with Gasteiger partial charge in [0.05, 0.1) is 0 Å². The van der Waals surface area contributed by atoms with Crippen LogP contribution in [0.15, 0.2) is 42.0 Å². The van der Waals surface area contributed by atoms with Crippen LogP contribution in [0.2, 0.25) is 0 Å². The molecule has 2 heterocycles. The Hall–Kier alpha value is -1.61. The molecule has 0 bridgehead atoms. The van der Waals surface area contributed by atoms with Gasteiger partial charge in [0.2, 0.25) is 0 Å². The van der Waals surface area contributed by atoms with Gasteiger partial charge in [0.15, 0.2) is 6.23 Å². The van der Waals surface area contributed by atoms with Crippen molar-refractivity contribution in [2.45, 2.75) is 19.1 Å². The summed E-state index contributed by atoms with van der Waals surface area (Å²) in [4.78, 5) is 13.6. The van der Waals surface area contributed by atoms with Crippen molar-refractivity contribution in [3.63, 3.8) is 0 Å². The maximum Gasteiger partial charge on any atom is 0.253 e. The highest BCUT2D eigenvalue weighted by atomic mass is 16.5. The minimum absolute atomic E-state index is 0.0353. The molecule has 1 unspecified atom stereocenters. The van der Waals surface area contributed by atoms with E-state index >= 15 is 0 Å². The summed E-state index contributed by atoms with van der Waals surface area (Å²) >= 11 is 0. The van der Waals surface area contributed by atoms with Crippen LogP contribution in [0.3, 0.4) is 0 Å². The fourth-order valence-corrected chi connectivity index (χ4v) is 2.28. The lowest BCUT2D eigenvalue weighted by Gasteiger charge is -2.30. The summed E-state index contributed by atoms with van der Waals surface area (Å²) in [5.41, 5.74) is 2.02. The average Bonchev–Trinajstić information content (AvgIpc) is 2.66. The molecule has 1 saturated heterocycles. The Balaban J connectivity index is 1.95. The molecule has 2 aliphatic rings. The second-order valence-corrected chi connectivity index (χ2v) is 4.09. The van der Waals surface area contributed by atoms with Crippen LogP contribution in [0.25, 0.3) is 0 Å². The molecule has 1 aromatic rings. The molecule has 1 aromatic carbocycles. The first-order valence-electron chi connectivity index (χ1n) is 5.56. The molecule has 82 valence electrons. The van der Waals surface area contributed by atoms with Gasteiger partial charge in [-0.05, 0) is 30.5 Å². The van der Waals surface area contributed by atoms with E-state index in [4.69, 9.17) is 4.74 Å². The minimum atomic E-state index is -0.163. The molecule has 16 heavy (non-hydrogen) atoms. The SMILES string of the molecule is O=C1C=C2CCCOC2N1c1ccccc1. The molecule has 0 N–H and O–H groups in total. The van der Waals surface area contributed by atoms with Crippen molar-refractivity contribution in [2.75, 3.05) is 11.5 Å². The second kappa shape index (κ2) is 3.76. The zero-order chi connectivity index (χ0) is 11.0. The second-order valence-electron chi connectivity index (χ2n) is 4.09. The fourth-order valence-electron chi connectivity index (χ4n) is 2.28. The Kier molecular flexibility index (Phi) is 2.26. The van der Waals surface area contributed by atoms with E-state index in [1.165, 1.54) is 0 Å². The van der Waals surface area contributed by atoms with Crippen molar-refractivity contribution in [2.24, 2.45) is 0 Å². The first kappa shape index (κ1) is 9.60. The lowest BCUT2D eigenvalue weighted by atomic mass is 10.1. The van der Waals surface area contributed by atoms with E-state index in [1.54, 1.807) is 11.0 Å². The van der Waals surface area contributed by atoms with Crippen LogP contribution in [0.5, 0.6) is 0 Å². The molecule has 0 saturated carbocycles. The van der Waals surface area contributed by atoms with Gasteiger partial charge < -0.3 is 4.74 Å². The zero-order valence-corrected chi connectivity index (χ0v) is 8.93. The standard InChI is InChI=1S/C13H13NO2/c15-12-9-10-5-4-8-16-13(10)14(12)11-6-2-1-3-7-11/h1-3,6-7,9,13H,4-5,8H2. The summed E-state index contributed by atoms with van der Waals surface area (Å²) in [5.74, 6) is 0.0353. The minimum Gasteiger partial charge on any atom is -0.354 e. The van der Waals surface area contributed by atoms with Crippen molar-refractivity contribution in [1.82, 2.24) is 0 Å². The summed E-state index contributed by atoms with van der Waals surface area (Å²) < 4.78 is 5.68. The van der Waals surface area contributed by atoms with E-state index in [2.05, 4.69) is 0 Å². The molecule has 3 rings (SSSR count). The lowest BCUT2D eigenvalue weighted by Crippen LogP contribution is -2.39. The van der Waals surface area contributed by atoms with E-state index in [-0.39, 0.29) is 12.1 Å². The van der Waals surface area contributed by atoms with E-state index in [9.17, 15) is 4.79 Å². The highest BCUT2D eigenvalue weighted by Crippen LogP contribution is 2.32. The van der Waals surface area contributed by atoms with Gasteiger partial charge in [-0.15, -0.1) is 0 Å². The van der Waals surface area contributed by atoms with Gasteiger partial charge >= 0.3 is 0 Å². The molecule has 3 nitrogen and oxygen atoms in total. The molecule has 0 aromatic heterocycles. The molecule has 0 radical (unpaired) electrons. The molecule has 2 aliphatic heterocycles. The number of para-hydroxylation sites is 1. The summed E-state index contributed by atoms with van der Waals surface area (Å²) in [6, 6.07) is 9.69. The summed E-state index contributed by atoms with van der Waals surface area (Å²) in [5, 5.41) is 0. The molecule has 3 heteroatoms. The van der Waals surface area contributed by atoms with Crippen LogP contribution in [-0.2, 0) is 9.53 Å². The number of anilines is 1. The van der Waals surface area contributed by atoms with Crippen LogP contribution < -0.4 is 4.90 Å². The lowest BCUT2D eigenvalue weighted by molar-refractivity contribution is -0.115. The largest absolute Gasteiger partial charge is 0.354 e. The number of hydrogen-bond acceptors (Lipinski definition) is 2. The third-order valence-electron chi connectivity index (χ3n) is 3.02. The summed E-state index contributed by atoms with van der Waals surface area (Å²) in [7, 11) is 0.